The van der Waals surface area contributed by atoms with E-state index in [-0.39, 0.29) is 6.03 Å². The molecule has 96 valence electrons. The summed E-state index contributed by atoms with van der Waals surface area (Å²) in [6.07, 6.45) is 2.54. The van der Waals surface area contributed by atoms with Crippen molar-refractivity contribution in [3.63, 3.8) is 0 Å². The van der Waals surface area contributed by atoms with Crippen LogP contribution in [0.5, 0.6) is 0 Å². The second kappa shape index (κ2) is 6.86. The fourth-order valence-corrected chi connectivity index (χ4v) is 3.20. The zero-order valence-corrected chi connectivity index (χ0v) is 12.7. The van der Waals surface area contributed by atoms with Gasteiger partial charge in [0.05, 0.1) is 8.79 Å². The maximum Gasteiger partial charge on any atom is 0.315 e. The van der Waals surface area contributed by atoms with Crippen molar-refractivity contribution in [2.24, 2.45) is 0 Å². The molecule has 0 aliphatic carbocycles. The van der Waals surface area contributed by atoms with Crippen LogP contribution in [0.2, 0.25) is 0 Å². The summed E-state index contributed by atoms with van der Waals surface area (Å²) in [7, 11) is 0. The van der Waals surface area contributed by atoms with Crippen molar-refractivity contribution in [1.29, 1.82) is 0 Å². The van der Waals surface area contributed by atoms with E-state index in [1.807, 2.05) is 16.8 Å². The van der Waals surface area contributed by atoms with Gasteiger partial charge in [0.25, 0.3) is 0 Å². The van der Waals surface area contributed by atoms with E-state index < -0.39 is 0 Å². The minimum Gasteiger partial charge on any atom is -0.338 e. The molecule has 0 spiro atoms. The van der Waals surface area contributed by atoms with Gasteiger partial charge in [-0.15, -0.1) is 22.7 Å². The van der Waals surface area contributed by atoms with E-state index in [9.17, 15) is 4.79 Å². The first-order valence-corrected chi connectivity index (χ1v) is 7.93. The second-order valence-electron chi connectivity index (χ2n) is 3.50. The molecule has 0 unspecified atom stereocenters. The van der Waals surface area contributed by atoms with Crippen LogP contribution in [0.3, 0.4) is 0 Å². The van der Waals surface area contributed by atoms with E-state index in [4.69, 9.17) is 0 Å². The number of hydrogen-bond donors (Lipinski definition) is 2. The fourth-order valence-electron chi connectivity index (χ4n) is 1.34. The van der Waals surface area contributed by atoms with Crippen molar-refractivity contribution in [3.05, 3.63) is 37.4 Å². The highest BCUT2D eigenvalue weighted by Crippen LogP contribution is 2.22. The van der Waals surface area contributed by atoms with Crippen LogP contribution in [0.1, 0.15) is 10.6 Å². The van der Waals surface area contributed by atoms with Crippen molar-refractivity contribution >= 4 is 44.6 Å². The number of carbonyl (C=O) groups excluding carboxylic acids is 1. The fraction of sp³-hybridized carbons (Fsp3) is 0.273. The van der Waals surface area contributed by atoms with E-state index in [0.717, 1.165) is 20.8 Å². The summed E-state index contributed by atoms with van der Waals surface area (Å²) in [4.78, 5) is 15.7. The lowest BCUT2D eigenvalue weighted by Gasteiger charge is -2.06. The first kappa shape index (κ1) is 13.5. The Morgan fingerprint density at radius 3 is 2.89 bits per heavy atom. The largest absolute Gasteiger partial charge is 0.338 e. The third-order valence-corrected chi connectivity index (χ3v) is 4.89. The Morgan fingerprint density at radius 1 is 1.33 bits per heavy atom. The topological polar surface area (TPSA) is 54.0 Å². The van der Waals surface area contributed by atoms with Gasteiger partial charge in [-0.3, -0.25) is 0 Å². The Bertz CT molecular complexity index is 498. The standard InChI is InChI=1S/C11H12BrN3OS2/c12-10-8(2-5-18-10)7-15-11(16)14-3-1-9-13-4-6-17-9/h2,4-6H,1,3,7H2,(H2,14,15,16). The Labute approximate surface area is 122 Å². The Balaban J connectivity index is 1.65. The maximum absolute atomic E-state index is 11.5. The normalized spacial score (nSPS) is 10.3. The molecular formula is C11H12BrN3OS2. The number of thiazole rings is 1. The van der Waals surface area contributed by atoms with Gasteiger partial charge in [0.1, 0.15) is 0 Å². The summed E-state index contributed by atoms with van der Waals surface area (Å²) >= 11 is 6.65. The lowest BCUT2D eigenvalue weighted by atomic mass is 10.3. The molecule has 2 heterocycles. The van der Waals surface area contributed by atoms with Crippen LogP contribution in [0.4, 0.5) is 4.79 Å². The van der Waals surface area contributed by atoms with Crippen molar-refractivity contribution in [2.75, 3.05) is 6.54 Å². The second-order valence-corrected chi connectivity index (χ2v) is 6.72. The van der Waals surface area contributed by atoms with Gasteiger partial charge in [0, 0.05) is 31.1 Å². The van der Waals surface area contributed by atoms with Gasteiger partial charge in [-0.25, -0.2) is 9.78 Å². The molecule has 0 fully saturated rings. The van der Waals surface area contributed by atoms with Crippen LogP contribution < -0.4 is 10.6 Å². The smallest absolute Gasteiger partial charge is 0.315 e. The number of nitrogens with zero attached hydrogens (tertiary/aromatic N) is 1. The molecule has 0 atom stereocenters. The van der Waals surface area contributed by atoms with Crippen molar-refractivity contribution in [3.8, 4) is 0 Å². The molecule has 0 aliphatic heterocycles. The molecule has 2 aromatic heterocycles. The van der Waals surface area contributed by atoms with Gasteiger partial charge in [-0.2, -0.15) is 0 Å². The van der Waals surface area contributed by atoms with Gasteiger partial charge in [-0.05, 0) is 32.9 Å². The predicted molar refractivity (Wildman–Crippen MR) is 78.1 cm³/mol. The number of amides is 2. The number of urea groups is 1. The maximum atomic E-state index is 11.5. The monoisotopic (exact) mass is 345 g/mol. The van der Waals surface area contributed by atoms with E-state index in [1.165, 1.54) is 0 Å². The number of rotatable bonds is 5. The molecule has 0 aliphatic rings. The number of aromatic nitrogens is 1. The van der Waals surface area contributed by atoms with Crippen molar-refractivity contribution < 1.29 is 4.79 Å². The first-order valence-electron chi connectivity index (χ1n) is 5.37. The van der Waals surface area contributed by atoms with Crippen LogP contribution in [-0.4, -0.2) is 17.6 Å². The summed E-state index contributed by atoms with van der Waals surface area (Å²) in [5, 5.41) is 10.6. The van der Waals surface area contributed by atoms with E-state index in [1.54, 1.807) is 28.9 Å². The van der Waals surface area contributed by atoms with Crippen LogP contribution in [0, 0.1) is 0 Å². The van der Waals surface area contributed by atoms with E-state index >= 15 is 0 Å². The van der Waals surface area contributed by atoms with Gasteiger partial charge in [0.15, 0.2) is 0 Å². The minimum atomic E-state index is -0.148. The number of thiophene rings is 1. The number of hydrogen-bond acceptors (Lipinski definition) is 4. The molecule has 2 rings (SSSR count). The van der Waals surface area contributed by atoms with Gasteiger partial charge in [0.2, 0.25) is 0 Å². The summed E-state index contributed by atoms with van der Waals surface area (Å²) in [6.45, 7) is 1.14. The van der Waals surface area contributed by atoms with Crippen LogP contribution in [0.25, 0.3) is 0 Å². The van der Waals surface area contributed by atoms with Crippen molar-refractivity contribution in [1.82, 2.24) is 15.6 Å². The Morgan fingerprint density at radius 2 is 2.22 bits per heavy atom. The Hall–Kier alpha value is -0.920. The third-order valence-electron chi connectivity index (χ3n) is 2.24. The summed E-state index contributed by atoms with van der Waals surface area (Å²) in [5.74, 6) is 0. The minimum absolute atomic E-state index is 0.148. The van der Waals surface area contributed by atoms with E-state index in [0.29, 0.717) is 13.1 Å². The van der Waals surface area contributed by atoms with Crippen molar-refractivity contribution in [2.45, 2.75) is 13.0 Å². The summed E-state index contributed by atoms with van der Waals surface area (Å²) < 4.78 is 1.06. The zero-order chi connectivity index (χ0) is 12.8. The lowest BCUT2D eigenvalue weighted by Crippen LogP contribution is -2.36. The third kappa shape index (κ3) is 4.08. The molecule has 0 aromatic carbocycles. The Kier molecular flexibility index (Phi) is 5.15. The van der Waals surface area contributed by atoms with Crippen LogP contribution in [-0.2, 0) is 13.0 Å². The molecule has 0 saturated carbocycles. The average Bonchev–Trinajstić information content (AvgIpc) is 2.98. The lowest BCUT2D eigenvalue weighted by molar-refractivity contribution is 0.240. The highest BCUT2D eigenvalue weighted by atomic mass is 79.9. The number of carbonyl (C=O) groups is 1. The zero-order valence-electron chi connectivity index (χ0n) is 9.48. The highest BCUT2D eigenvalue weighted by molar-refractivity contribution is 9.11. The molecular weight excluding hydrogens is 334 g/mol. The summed E-state index contributed by atoms with van der Waals surface area (Å²) in [6, 6.07) is 1.84. The quantitative estimate of drug-likeness (QED) is 0.875. The van der Waals surface area contributed by atoms with Gasteiger partial charge < -0.3 is 10.6 Å². The molecule has 2 aromatic rings. The van der Waals surface area contributed by atoms with Gasteiger partial charge in [-0.1, -0.05) is 0 Å². The van der Waals surface area contributed by atoms with Crippen LogP contribution >= 0.6 is 38.6 Å². The highest BCUT2D eigenvalue weighted by Gasteiger charge is 2.04. The molecule has 2 N–H and O–H groups in total. The molecule has 2 amide bonds. The molecule has 0 radical (unpaired) electrons. The van der Waals surface area contributed by atoms with E-state index in [2.05, 4.69) is 31.5 Å². The molecule has 7 heteroatoms. The van der Waals surface area contributed by atoms with Gasteiger partial charge >= 0.3 is 6.03 Å². The molecule has 4 nitrogen and oxygen atoms in total. The molecule has 0 saturated heterocycles. The first-order chi connectivity index (χ1) is 8.75. The molecule has 0 bridgehead atoms. The SMILES string of the molecule is O=C(NCCc1nccs1)NCc1ccsc1Br. The molecule has 18 heavy (non-hydrogen) atoms. The number of nitrogens with one attached hydrogen (secondary N) is 2. The average molecular weight is 346 g/mol. The van der Waals surface area contributed by atoms with Crippen LogP contribution in [0.15, 0.2) is 26.8 Å². The summed E-state index contributed by atoms with van der Waals surface area (Å²) in [5.41, 5.74) is 1.09. The predicted octanol–water partition coefficient (Wildman–Crippen LogP) is 3.01. The number of halogens is 1.